The number of aliphatic hydroxyl groups is 1. The predicted molar refractivity (Wildman–Crippen MR) is 44.0 cm³/mol. The molecule has 0 aliphatic heterocycles. The molecule has 1 N–H and O–H groups in total. The lowest BCUT2D eigenvalue weighted by molar-refractivity contribution is 0.287. The van der Waals surface area contributed by atoms with E-state index in [2.05, 4.69) is 6.92 Å². The zero-order valence-corrected chi connectivity index (χ0v) is 7.00. The summed E-state index contributed by atoms with van der Waals surface area (Å²) in [7, 11) is 1.65. The van der Waals surface area contributed by atoms with Gasteiger partial charge in [-0.2, -0.15) is 0 Å². The molecule has 0 heterocycles. The molecule has 0 aromatic carbocycles. The van der Waals surface area contributed by atoms with Crippen molar-refractivity contribution >= 4 is 0 Å². The van der Waals surface area contributed by atoms with Gasteiger partial charge in [0.05, 0.1) is 13.7 Å². The lowest BCUT2D eigenvalue weighted by Crippen LogP contribution is -2.07. The smallest absolute Gasteiger partial charge is 0.114 e. The van der Waals surface area contributed by atoms with Crippen LogP contribution in [0, 0.1) is 5.92 Å². The lowest BCUT2D eigenvalue weighted by atomic mass is 9.93. The van der Waals surface area contributed by atoms with Gasteiger partial charge < -0.3 is 9.84 Å². The second kappa shape index (κ2) is 3.58. The Hall–Kier alpha value is -0.760. The zero-order chi connectivity index (χ0) is 8.27. The molecule has 1 atom stereocenters. The van der Waals surface area contributed by atoms with E-state index >= 15 is 0 Å². The van der Waals surface area contributed by atoms with E-state index in [0.717, 1.165) is 17.8 Å². The molecule has 1 aliphatic carbocycles. The maximum absolute atomic E-state index is 8.92. The fraction of sp³-hybridized carbons (Fsp3) is 0.556. The van der Waals surface area contributed by atoms with E-state index in [1.165, 1.54) is 0 Å². The summed E-state index contributed by atoms with van der Waals surface area (Å²) < 4.78 is 5.05. The van der Waals surface area contributed by atoms with Crippen LogP contribution in [0.2, 0.25) is 0 Å². The molecule has 2 heteroatoms. The first-order chi connectivity index (χ1) is 5.27. The molecule has 2 nitrogen and oxygen atoms in total. The minimum Gasteiger partial charge on any atom is -0.497 e. The summed E-state index contributed by atoms with van der Waals surface area (Å²) >= 11 is 0. The monoisotopic (exact) mass is 154 g/mol. The molecule has 11 heavy (non-hydrogen) atoms. The topological polar surface area (TPSA) is 29.5 Å². The minimum atomic E-state index is 0.141. The molecule has 1 rings (SSSR count). The zero-order valence-electron chi connectivity index (χ0n) is 7.00. The summed E-state index contributed by atoms with van der Waals surface area (Å²) in [5.41, 5.74) is 1.06. The van der Waals surface area contributed by atoms with Crippen molar-refractivity contribution in [1.82, 2.24) is 0 Å². The molecule has 0 bridgehead atoms. The van der Waals surface area contributed by atoms with Crippen molar-refractivity contribution in [2.24, 2.45) is 5.92 Å². The summed E-state index contributed by atoms with van der Waals surface area (Å²) in [4.78, 5) is 0. The second-order valence-electron chi connectivity index (χ2n) is 2.82. The molecule has 0 amide bonds. The van der Waals surface area contributed by atoms with Crippen LogP contribution in [0.1, 0.15) is 13.3 Å². The number of ether oxygens (including phenoxy) is 1. The molecule has 0 fully saturated rings. The van der Waals surface area contributed by atoms with Gasteiger partial charge in [0.25, 0.3) is 0 Å². The largest absolute Gasteiger partial charge is 0.497 e. The maximum atomic E-state index is 8.92. The normalized spacial score (nSPS) is 24.1. The second-order valence-corrected chi connectivity index (χ2v) is 2.82. The van der Waals surface area contributed by atoms with Crippen molar-refractivity contribution < 1.29 is 9.84 Å². The SMILES string of the molecule is COC1=CCC(C)C(CO)=C1. The summed E-state index contributed by atoms with van der Waals surface area (Å²) in [6, 6.07) is 0. The number of aliphatic hydroxyl groups excluding tert-OH is 1. The van der Waals surface area contributed by atoms with Gasteiger partial charge in [-0.05, 0) is 30.1 Å². The van der Waals surface area contributed by atoms with Crippen molar-refractivity contribution in [2.75, 3.05) is 13.7 Å². The Morgan fingerprint density at radius 2 is 2.45 bits per heavy atom. The Labute approximate surface area is 67.2 Å². The van der Waals surface area contributed by atoms with Gasteiger partial charge in [-0.1, -0.05) is 6.92 Å². The Bertz CT molecular complexity index is 192. The van der Waals surface area contributed by atoms with Crippen LogP contribution in [0.25, 0.3) is 0 Å². The van der Waals surface area contributed by atoms with Gasteiger partial charge in [-0.25, -0.2) is 0 Å². The highest BCUT2D eigenvalue weighted by molar-refractivity contribution is 5.25. The quantitative estimate of drug-likeness (QED) is 0.652. The number of methoxy groups -OCH3 is 1. The summed E-state index contributed by atoms with van der Waals surface area (Å²) in [5.74, 6) is 1.33. The van der Waals surface area contributed by atoms with Gasteiger partial charge in [-0.15, -0.1) is 0 Å². The molecule has 0 saturated heterocycles. The highest BCUT2D eigenvalue weighted by Crippen LogP contribution is 2.22. The predicted octanol–water partition coefficient (Wildman–Crippen LogP) is 1.48. The summed E-state index contributed by atoms with van der Waals surface area (Å²) in [6.07, 6.45) is 4.92. The minimum absolute atomic E-state index is 0.141. The van der Waals surface area contributed by atoms with E-state index in [4.69, 9.17) is 9.84 Å². The fourth-order valence-electron chi connectivity index (χ4n) is 1.17. The van der Waals surface area contributed by atoms with Gasteiger partial charge >= 0.3 is 0 Å². The van der Waals surface area contributed by atoms with Crippen LogP contribution >= 0.6 is 0 Å². The first-order valence-corrected chi connectivity index (χ1v) is 3.83. The number of hydrogen-bond acceptors (Lipinski definition) is 2. The van der Waals surface area contributed by atoms with Crippen LogP contribution in [0.3, 0.4) is 0 Å². The number of hydrogen-bond donors (Lipinski definition) is 1. The molecule has 0 spiro atoms. The van der Waals surface area contributed by atoms with Crippen molar-refractivity contribution in [3.05, 3.63) is 23.5 Å². The first-order valence-electron chi connectivity index (χ1n) is 3.83. The maximum Gasteiger partial charge on any atom is 0.114 e. The van der Waals surface area contributed by atoms with Gasteiger partial charge in [0.15, 0.2) is 0 Å². The third kappa shape index (κ3) is 1.84. The van der Waals surface area contributed by atoms with Crippen molar-refractivity contribution in [2.45, 2.75) is 13.3 Å². The van der Waals surface area contributed by atoms with Crippen molar-refractivity contribution in [1.29, 1.82) is 0 Å². The van der Waals surface area contributed by atoms with Crippen LogP contribution in [0.15, 0.2) is 23.5 Å². The van der Waals surface area contributed by atoms with Crippen LogP contribution < -0.4 is 0 Å². The molecule has 1 aliphatic rings. The third-order valence-corrected chi connectivity index (χ3v) is 2.05. The Morgan fingerprint density at radius 3 is 3.00 bits per heavy atom. The third-order valence-electron chi connectivity index (χ3n) is 2.05. The van der Waals surface area contributed by atoms with E-state index in [1.54, 1.807) is 7.11 Å². The highest BCUT2D eigenvalue weighted by Gasteiger charge is 2.12. The van der Waals surface area contributed by atoms with Gasteiger partial charge in [-0.3, -0.25) is 0 Å². The first kappa shape index (κ1) is 8.34. The molecular weight excluding hydrogens is 140 g/mol. The van der Waals surface area contributed by atoms with Gasteiger partial charge in [0, 0.05) is 0 Å². The molecule has 0 saturated carbocycles. The molecular formula is C9H14O2. The Morgan fingerprint density at radius 1 is 1.73 bits per heavy atom. The van der Waals surface area contributed by atoms with Crippen LogP contribution in [0.5, 0.6) is 0 Å². The molecule has 0 radical (unpaired) electrons. The Balaban J connectivity index is 2.71. The van der Waals surface area contributed by atoms with Crippen LogP contribution in [0.4, 0.5) is 0 Å². The molecule has 0 aromatic rings. The fourth-order valence-corrected chi connectivity index (χ4v) is 1.17. The van der Waals surface area contributed by atoms with Gasteiger partial charge in [0.1, 0.15) is 5.76 Å². The molecule has 1 unspecified atom stereocenters. The summed E-state index contributed by atoms with van der Waals surface area (Å²) in [5, 5.41) is 8.92. The van der Waals surface area contributed by atoms with E-state index in [9.17, 15) is 0 Å². The van der Waals surface area contributed by atoms with Gasteiger partial charge in [0.2, 0.25) is 0 Å². The average Bonchev–Trinajstić information content (AvgIpc) is 2.05. The van der Waals surface area contributed by atoms with Crippen LogP contribution in [-0.4, -0.2) is 18.8 Å². The standard InChI is InChI=1S/C9H14O2/c1-7-3-4-9(11-2)5-8(7)6-10/h4-5,7,10H,3,6H2,1-2H3. The average molecular weight is 154 g/mol. The highest BCUT2D eigenvalue weighted by atomic mass is 16.5. The van der Waals surface area contributed by atoms with Crippen molar-refractivity contribution in [3.63, 3.8) is 0 Å². The van der Waals surface area contributed by atoms with Crippen molar-refractivity contribution in [3.8, 4) is 0 Å². The molecule has 62 valence electrons. The van der Waals surface area contributed by atoms with Crippen LogP contribution in [-0.2, 0) is 4.74 Å². The Kier molecular flexibility index (Phi) is 2.71. The number of rotatable bonds is 2. The summed E-state index contributed by atoms with van der Waals surface area (Å²) in [6.45, 7) is 2.24. The van der Waals surface area contributed by atoms with E-state index in [0.29, 0.717) is 5.92 Å². The number of allylic oxidation sites excluding steroid dienone is 2. The lowest BCUT2D eigenvalue weighted by Gasteiger charge is -2.17. The van der Waals surface area contributed by atoms with E-state index < -0.39 is 0 Å². The molecule has 0 aromatic heterocycles. The van der Waals surface area contributed by atoms with E-state index in [1.807, 2.05) is 12.2 Å². The van der Waals surface area contributed by atoms with E-state index in [-0.39, 0.29) is 6.61 Å².